The molecule has 1 aromatic rings. The van der Waals surface area contributed by atoms with E-state index in [0.29, 0.717) is 11.6 Å². The third-order valence-electron chi connectivity index (χ3n) is 3.51. The van der Waals surface area contributed by atoms with Crippen LogP contribution in [0.3, 0.4) is 0 Å². The van der Waals surface area contributed by atoms with Gasteiger partial charge in [0.25, 0.3) is 0 Å². The Kier molecular flexibility index (Phi) is 3.64. The minimum atomic E-state index is -0.292. The molecule has 17 heavy (non-hydrogen) atoms. The highest BCUT2D eigenvalue weighted by Crippen LogP contribution is 2.24. The van der Waals surface area contributed by atoms with Crippen LogP contribution in [-0.4, -0.2) is 42.7 Å². The van der Waals surface area contributed by atoms with Crippen molar-refractivity contribution in [3.63, 3.8) is 0 Å². The standard InChI is InChI=1S/C13H19FN2O/c1-10-8-16(6-5-15(10)2)13-4-3-12(14)7-11(13)9-17/h3-4,7,10,17H,5-6,8-9H2,1-2H3. The molecule has 4 heteroatoms. The number of nitrogens with zero attached hydrogens (tertiary/aromatic N) is 2. The van der Waals surface area contributed by atoms with E-state index in [1.807, 2.05) is 0 Å². The van der Waals surface area contributed by atoms with Crippen LogP contribution in [0, 0.1) is 5.82 Å². The summed E-state index contributed by atoms with van der Waals surface area (Å²) in [5.74, 6) is -0.292. The summed E-state index contributed by atoms with van der Waals surface area (Å²) < 4.78 is 13.1. The number of aliphatic hydroxyl groups is 1. The number of halogens is 1. The second-order valence-corrected chi connectivity index (χ2v) is 4.71. The van der Waals surface area contributed by atoms with Crippen molar-refractivity contribution >= 4 is 5.69 Å². The Hall–Kier alpha value is -1.13. The molecule has 1 aliphatic rings. The minimum Gasteiger partial charge on any atom is -0.392 e. The summed E-state index contributed by atoms with van der Waals surface area (Å²) in [5, 5.41) is 9.29. The second kappa shape index (κ2) is 5.02. The van der Waals surface area contributed by atoms with Gasteiger partial charge in [0.1, 0.15) is 5.82 Å². The zero-order valence-corrected chi connectivity index (χ0v) is 10.4. The van der Waals surface area contributed by atoms with Crippen LogP contribution in [0.4, 0.5) is 10.1 Å². The van der Waals surface area contributed by atoms with Crippen molar-refractivity contribution in [3.8, 4) is 0 Å². The molecule has 0 radical (unpaired) electrons. The zero-order chi connectivity index (χ0) is 12.4. The molecule has 1 aliphatic heterocycles. The average Bonchev–Trinajstić information content (AvgIpc) is 2.32. The first-order valence-electron chi connectivity index (χ1n) is 5.96. The number of hydrogen-bond acceptors (Lipinski definition) is 3. The molecule has 3 nitrogen and oxygen atoms in total. The van der Waals surface area contributed by atoms with Crippen LogP contribution in [0.1, 0.15) is 12.5 Å². The lowest BCUT2D eigenvalue weighted by molar-refractivity contribution is 0.233. The van der Waals surface area contributed by atoms with Crippen molar-refractivity contribution in [2.24, 2.45) is 0 Å². The zero-order valence-electron chi connectivity index (χ0n) is 10.4. The number of benzene rings is 1. The summed E-state index contributed by atoms with van der Waals surface area (Å²) in [5.41, 5.74) is 1.62. The fraction of sp³-hybridized carbons (Fsp3) is 0.538. The quantitative estimate of drug-likeness (QED) is 0.845. The van der Waals surface area contributed by atoms with Crippen LogP contribution in [0.2, 0.25) is 0 Å². The van der Waals surface area contributed by atoms with Gasteiger partial charge in [0.2, 0.25) is 0 Å². The summed E-state index contributed by atoms with van der Waals surface area (Å²) >= 11 is 0. The lowest BCUT2D eigenvalue weighted by Gasteiger charge is -2.39. The highest BCUT2D eigenvalue weighted by molar-refractivity contribution is 5.54. The Morgan fingerprint density at radius 2 is 2.18 bits per heavy atom. The summed E-state index contributed by atoms with van der Waals surface area (Å²) in [7, 11) is 2.11. The van der Waals surface area contributed by atoms with Gasteiger partial charge in [-0.05, 0) is 32.2 Å². The molecule has 1 atom stereocenters. The van der Waals surface area contributed by atoms with Crippen LogP contribution in [0.15, 0.2) is 18.2 Å². The van der Waals surface area contributed by atoms with Gasteiger partial charge >= 0.3 is 0 Å². The van der Waals surface area contributed by atoms with Gasteiger partial charge in [0.05, 0.1) is 6.61 Å². The topological polar surface area (TPSA) is 26.7 Å². The molecule has 1 heterocycles. The highest BCUT2D eigenvalue weighted by Gasteiger charge is 2.22. The molecule has 0 aromatic heterocycles. The molecule has 1 fully saturated rings. The largest absolute Gasteiger partial charge is 0.392 e. The lowest BCUT2D eigenvalue weighted by atomic mass is 10.1. The first kappa shape index (κ1) is 12.3. The number of rotatable bonds is 2. The number of likely N-dealkylation sites (N-methyl/N-ethyl adjacent to an activating group) is 1. The van der Waals surface area contributed by atoms with E-state index in [4.69, 9.17) is 0 Å². The maximum absolute atomic E-state index is 13.1. The van der Waals surface area contributed by atoms with E-state index < -0.39 is 0 Å². The van der Waals surface area contributed by atoms with Gasteiger partial charge in [-0.15, -0.1) is 0 Å². The van der Waals surface area contributed by atoms with Gasteiger partial charge in [-0.3, -0.25) is 0 Å². The van der Waals surface area contributed by atoms with E-state index in [1.165, 1.54) is 12.1 Å². The summed E-state index contributed by atoms with van der Waals surface area (Å²) in [6.07, 6.45) is 0. The summed E-state index contributed by atoms with van der Waals surface area (Å²) in [4.78, 5) is 4.52. The Balaban J connectivity index is 2.22. The molecule has 0 aliphatic carbocycles. The average molecular weight is 238 g/mol. The van der Waals surface area contributed by atoms with Crippen molar-refractivity contribution in [1.82, 2.24) is 4.90 Å². The predicted molar refractivity (Wildman–Crippen MR) is 66.6 cm³/mol. The molecule has 2 rings (SSSR count). The van der Waals surface area contributed by atoms with Gasteiger partial charge in [-0.25, -0.2) is 4.39 Å². The lowest BCUT2D eigenvalue weighted by Crippen LogP contribution is -2.50. The Bertz CT molecular complexity index is 397. The number of hydrogen-bond donors (Lipinski definition) is 1. The maximum Gasteiger partial charge on any atom is 0.123 e. The number of piperazine rings is 1. The van der Waals surface area contributed by atoms with Crippen LogP contribution in [0.5, 0.6) is 0 Å². The highest BCUT2D eigenvalue weighted by atomic mass is 19.1. The van der Waals surface area contributed by atoms with E-state index in [-0.39, 0.29) is 12.4 Å². The van der Waals surface area contributed by atoms with Crippen molar-refractivity contribution in [2.75, 3.05) is 31.6 Å². The molecular formula is C13H19FN2O. The monoisotopic (exact) mass is 238 g/mol. The van der Waals surface area contributed by atoms with E-state index >= 15 is 0 Å². The molecular weight excluding hydrogens is 219 g/mol. The van der Waals surface area contributed by atoms with Crippen LogP contribution >= 0.6 is 0 Å². The fourth-order valence-electron chi connectivity index (χ4n) is 2.26. The minimum absolute atomic E-state index is 0.117. The Labute approximate surface area is 101 Å². The third kappa shape index (κ3) is 2.58. The van der Waals surface area contributed by atoms with Gasteiger partial charge in [-0.2, -0.15) is 0 Å². The van der Waals surface area contributed by atoms with E-state index in [9.17, 15) is 9.50 Å². The summed E-state index contributed by atoms with van der Waals surface area (Å²) in [6, 6.07) is 5.11. The Morgan fingerprint density at radius 3 is 2.82 bits per heavy atom. The van der Waals surface area contributed by atoms with E-state index in [1.54, 1.807) is 6.07 Å². The molecule has 94 valence electrons. The van der Waals surface area contributed by atoms with Crippen molar-refractivity contribution < 1.29 is 9.50 Å². The van der Waals surface area contributed by atoms with E-state index in [0.717, 1.165) is 25.3 Å². The van der Waals surface area contributed by atoms with Gasteiger partial charge in [0.15, 0.2) is 0 Å². The molecule has 1 saturated heterocycles. The first-order chi connectivity index (χ1) is 8.11. The van der Waals surface area contributed by atoms with Gasteiger partial charge in [-0.1, -0.05) is 0 Å². The van der Waals surface area contributed by atoms with Crippen molar-refractivity contribution in [1.29, 1.82) is 0 Å². The fourth-order valence-corrected chi connectivity index (χ4v) is 2.26. The number of anilines is 1. The third-order valence-corrected chi connectivity index (χ3v) is 3.51. The second-order valence-electron chi connectivity index (χ2n) is 4.71. The molecule has 0 amide bonds. The molecule has 1 aromatic carbocycles. The van der Waals surface area contributed by atoms with Crippen LogP contribution < -0.4 is 4.90 Å². The Morgan fingerprint density at radius 1 is 1.41 bits per heavy atom. The molecule has 0 bridgehead atoms. The van der Waals surface area contributed by atoms with Crippen LogP contribution in [0.25, 0.3) is 0 Å². The van der Waals surface area contributed by atoms with Crippen LogP contribution in [-0.2, 0) is 6.61 Å². The van der Waals surface area contributed by atoms with Gasteiger partial charge in [0, 0.05) is 36.9 Å². The first-order valence-corrected chi connectivity index (χ1v) is 5.96. The molecule has 1 N–H and O–H groups in total. The maximum atomic E-state index is 13.1. The molecule has 0 spiro atoms. The SMILES string of the molecule is CC1CN(c2ccc(F)cc2CO)CCN1C. The van der Waals surface area contributed by atoms with Crippen molar-refractivity contribution in [3.05, 3.63) is 29.6 Å². The van der Waals surface area contributed by atoms with Crippen molar-refractivity contribution in [2.45, 2.75) is 19.6 Å². The van der Waals surface area contributed by atoms with Gasteiger partial charge < -0.3 is 14.9 Å². The predicted octanol–water partition coefficient (Wildman–Crippen LogP) is 1.46. The number of aliphatic hydroxyl groups excluding tert-OH is 1. The molecule has 1 unspecified atom stereocenters. The smallest absolute Gasteiger partial charge is 0.123 e. The molecule has 0 saturated carbocycles. The van der Waals surface area contributed by atoms with E-state index in [2.05, 4.69) is 23.8 Å². The normalized spacial score (nSPS) is 21.9. The summed E-state index contributed by atoms with van der Waals surface area (Å²) in [6.45, 7) is 4.88.